The molecule has 0 aliphatic carbocycles. The molecule has 1 aromatic heterocycles. The van der Waals surface area contributed by atoms with Crippen molar-refractivity contribution in [1.82, 2.24) is 14.8 Å². The second kappa shape index (κ2) is 5.14. The fourth-order valence-electron chi connectivity index (χ4n) is 2.71. The summed E-state index contributed by atoms with van der Waals surface area (Å²) in [6, 6.07) is 7.87. The van der Waals surface area contributed by atoms with Crippen LogP contribution in [0.25, 0.3) is 0 Å². The first kappa shape index (κ1) is 12.9. The van der Waals surface area contributed by atoms with Gasteiger partial charge in [-0.05, 0) is 31.0 Å². The molecular weight excluding hydrogens is 274 g/mol. The monoisotopic (exact) mass is 287 g/mol. The number of aryl methyl sites for hydroxylation is 1. The molecule has 1 fully saturated rings. The third-order valence-corrected chi connectivity index (χ3v) is 4.01. The molecule has 1 aliphatic rings. The van der Waals surface area contributed by atoms with Gasteiger partial charge >= 0.3 is 0 Å². The van der Waals surface area contributed by atoms with Gasteiger partial charge < -0.3 is 9.47 Å². The smallest absolute Gasteiger partial charge is 0.155 e. The molecular formula is C14H14ClN5. The van der Waals surface area contributed by atoms with Crippen molar-refractivity contribution in [2.75, 3.05) is 11.4 Å². The maximum Gasteiger partial charge on any atom is 0.155 e. The number of nitrogens with zero attached hydrogens (tertiary/aromatic N) is 5. The van der Waals surface area contributed by atoms with Crippen molar-refractivity contribution in [3.05, 3.63) is 40.9 Å². The summed E-state index contributed by atoms with van der Waals surface area (Å²) in [6.45, 7) is 0.958. The summed E-state index contributed by atoms with van der Waals surface area (Å²) in [5.41, 5.74) is 1.53. The van der Waals surface area contributed by atoms with Crippen LogP contribution in [0, 0.1) is 11.3 Å². The molecule has 6 heteroatoms. The number of hydrogen-bond donors (Lipinski definition) is 0. The quantitative estimate of drug-likeness (QED) is 0.852. The van der Waals surface area contributed by atoms with Gasteiger partial charge in [-0.15, -0.1) is 10.2 Å². The molecule has 20 heavy (non-hydrogen) atoms. The second-order valence-corrected chi connectivity index (χ2v) is 5.33. The van der Waals surface area contributed by atoms with Gasteiger partial charge in [0.2, 0.25) is 0 Å². The highest BCUT2D eigenvalue weighted by atomic mass is 35.5. The molecule has 1 aromatic carbocycles. The highest BCUT2D eigenvalue weighted by molar-refractivity contribution is 6.32. The molecule has 2 heterocycles. The maximum absolute atomic E-state index is 8.94. The Morgan fingerprint density at radius 2 is 2.30 bits per heavy atom. The van der Waals surface area contributed by atoms with Crippen LogP contribution in [0.2, 0.25) is 5.02 Å². The lowest BCUT2D eigenvalue weighted by atomic mass is 10.1. The van der Waals surface area contributed by atoms with Crippen molar-refractivity contribution in [2.45, 2.75) is 18.9 Å². The highest BCUT2D eigenvalue weighted by Crippen LogP contribution is 2.36. The standard InChI is InChI=1S/C14H14ClN5/c1-19-9-17-18-14(19)13-3-2-6-20(13)11-5-4-10(8-16)12(15)7-11/h4-5,7,9,13H,2-3,6H2,1H3. The van der Waals surface area contributed by atoms with Crippen molar-refractivity contribution in [2.24, 2.45) is 7.05 Å². The van der Waals surface area contributed by atoms with E-state index in [0.717, 1.165) is 30.9 Å². The normalized spacial score (nSPS) is 18.2. The Bertz CT molecular complexity index is 672. The Morgan fingerprint density at radius 3 is 2.95 bits per heavy atom. The van der Waals surface area contributed by atoms with Crippen LogP contribution in [0.1, 0.15) is 30.3 Å². The Balaban J connectivity index is 1.95. The fourth-order valence-corrected chi connectivity index (χ4v) is 2.93. The maximum atomic E-state index is 8.94. The van der Waals surface area contributed by atoms with Gasteiger partial charge in [0.25, 0.3) is 0 Å². The van der Waals surface area contributed by atoms with Crippen molar-refractivity contribution in [1.29, 1.82) is 5.26 Å². The van der Waals surface area contributed by atoms with E-state index in [0.29, 0.717) is 10.6 Å². The molecule has 1 atom stereocenters. The summed E-state index contributed by atoms with van der Waals surface area (Å²) < 4.78 is 1.95. The molecule has 102 valence electrons. The topological polar surface area (TPSA) is 57.7 Å². The third-order valence-electron chi connectivity index (χ3n) is 3.70. The van der Waals surface area contributed by atoms with Gasteiger partial charge in [0, 0.05) is 19.3 Å². The second-order valence-electron chi connectivity index (χ2n) is 4.93. The zero-order valence-electron chi connectivity index (χ0n) is 11.1. The van der Waals surface area contributed by atoms with Crippen LogP contribution >= 0.6 is 11.6 Å². The minimum atomic E-state index is 0.214. The first-order chi connectivity index (χ1) is 9.70. The van der Waals surface area contributed by atoms with E-state index < -0.39 is 0 Å². The first-order valence-electron chi connectivity index (χ1n) is 6.51. The van der Waals surface area contributed by atoms with Gasteiger partial charge in [-0.3, -0.25) is 0 Å². The molecule has 2 aromatic rings. The number of anilines is 1. The van der Waals surface area contributed by atoms with Crippen molar-refractivity contribution in [3.63, 3.8) is 0 Å². The lowest BCUT2D eigenvalue weighted by molar-refractivity contribution is 0.629. The molecule has 0 radical (unpaired) electrons. The number of nitriles is 1. The summed E-state index contributed by atoms with van der Waals surface area (Å²) >= 11 is 6.13. The van der Waals surface area contributed by atoms with E-state index in [2.05, 4.69) is 21.2 Å². The molecule has 1 saturated heterocycles. The zero-order chi connectivity index (χ0) is 14.1. The van der Waals surface area contributed by atoms with Crippen LogP contribution in [0.3, 0.4) is 0 Å². The summed E-state index contributed by atoms with van der Waals surface area (Å²) in [5, 5.41) is 17.6. The Morgan fingerprint density at radius 1 is 1.45 bits per heavy atom. The Hall–Kier alpha value is -2.06. The minimum Gasteiger partial charge on any atom is -0.361 e. The largest absolute Gasteiger partial charge is 0.361 e. The lowest BCUT2D eigenvalue weighted by Gasteiger charge is -2.26. The van der Waals surface area contributed by atoms with E-state index in [-0.39, 0.29) is 6.04 Å². The van der Waals surface area contributed by atoms with Gasteiger partial charge in [0.1, 0.15) is 12.4 Å². The predicted octanol–water partition coefficient (Wildman–Crippen LogP) is 2.68. The van der Waals surface area contributed by atoms with Crippen LogP contribution in [-0.4, -0.2) is 21.3 Å². The van der Waals surface area contributed by atoms with Gasteiger partial charge in [-0.1, -0.05) is 11.6 Å². The van der Waals surface area contributed by atoms with E-state index in [1.165, 1.54) is 0 Å². The van der Waals surface area contributed by atoms with E-state index in [4.69, 9.17) is 16.9 Å². The summed E-state index contributed by atoms with van der Waals surface area (Å²) in [5.74, 6) is 0.961. The highest BCUT2D eigenvalue weighted by Gasteiger charge is 2.29. The molecule has 5 nitrogen and oxygen atoms in total. The van der Waals surface area contributed by atoms with E-state index in [9.17, 15) is 0 Å². The lowest BCUT2D eigenvalue weighted by Crippen LogP contribution is -2.24. The van der Waals surface area contributed by atoms with Crippen molar-refractivity contribution in [3.8, 4) is 6.07 Å². The third kappa shape index (κ3) is 2.12. The first-order valence-corrected chi connectivity index (χ1v) is 6.88. The van der Waals surface area contributed by atoms with E-state index in [1.54, 1.807) is 12.4 Å². The summed E-state index contributed by atoms with van der Waals surface area (Å²) in [4.78, 5) is 2.27. The van der Waals surface area contributed by atoms with Gasteiger partial charge in [-0.25, -0.2) is 0 Å². The summed E-state index contributed by atoms with van der Waals surface area (Å²) in [7, 11) is 1.96. The van der Waals surface area contributed by atoms with Crippen LogP contribution < -0.4 is 4.90 Å². The predicted molar refractivity (Wildman–Crippen MR) is 76.5 cm³/mol. The van der Waals surface area contributed by atoms with E-state index in [1.807, 2.05) is 23.7 Å². The molecule has 1 aliphatic heterocycles. The van der Waals surface area contributed by atoms with Crippen LogP contribution in [0.4, 0.5) is 5.69 Å². The molecule has 0 spiro atoms. The molecule has 0 N–H and O–H groups in total. The molecule has 3 rings (SSSR count). The Labute approximate surface area is 122 Å². The number of rotatable bonds is 2. The van der Waals surface area contributed by atoms with Crippen LogP contribution in [-0.2, 0) is 7.05 Å². The molecule has 0 saturated carbocycles. The zero-order valence-corrected chi connectivity index (χ0v) is 11.9. The minimum absolute atomic E-state index is 0.214. The average Bonchev–Trinajstić information content (AvgIpc) is 3.06. The number of aromatic nitrogens is 3. The molecule has 1 unspecified atom stereocenters. The number of benzene rings is 1. The van der Waals surface area contributed by atoms with Crippen LogP contribution in [0.5, 0.6) is 0 Å². The van der Waals surface area contributed by atoms with Gasteiger partial charge in [0.05, 0.1) is 16.6 Å². The van der Waals surface area contributed by atoms with Crippen LogP contribution in [0.15, 0.2) is 24.5 Å². The summed E-state index contributed by atoms with van der Waals surface area (Å²) in [6.07, 6.45) is 3.87. The molecule has 0 amide bonds. The number of hydrogen-bond acceptors (Lipinski definition) is 4. The number of halogens is 1. The SMILES string of the molecule is Cn1cnnc1C1CCCN1c1ccc(C#N)c(Cl)c1. The van der Waals surface area contributed by atoms with Crippen molar-refractivity contribution >= 4 is 17.3 Å². The van der Waals surface area contributed by atoms with Gasteiger partial charge in [-0.2, -0.15) is 5.26 Å². The van der Waals surface area contributed by atoms with E-state index >= 15 is 0 Å². The Kier molecular flexibility index (Phi) is 3.33. The van der Waals surface area contributed by atoms with Gasteiger partial charge in [0.15, 0.2) is 5.82 Å². The fraction of sp³-hybridized carbons (Fsp3) is 0.357. The van der Waals surface area contributed by atoms with Crippen molar-refractivity contribution < 1.29 is 0 Å². The molecule has 0 bridgehead atoms. The average molecular weight is 288 g/mol.